The number of aliphatic imine (C=N–C) groups is 1. The smallest absolute Gasteiger partial charge is 0.306 e. The van der Waals surface area contributed by atoms with Crippen LogP contribution in [-0.4, -0.2) is 62.4 Å². The van der Waals surface area contributed by atoms with Crippen LogP contribution in [0.1, 0.15) is 72.9 Å². The van der Waals surface area contributed by atoms with Crippen LogP contribution < -0.4 is 10.0 Å². The van der Waals surface area contributed by atoms with Crippen LogP contribution in [0.3, 0.4) is 0 Å². The normalized spacial score (nSPS) is 13.5. The van der Waals surface area contributed by atoms with Crippen molar-refractivity contribution in [2.75, 3.05) is 11.3 Å². The van der Waals surface area contributed by atoms with Gasteiger partial charge in [0.2, 0.25) is 0 Å². The molecule has 0 fully saturated rings. The fourth-order valence-electron chi connectivity index (χ4n) is 7.25. The Morgan fingerprint density at radius 1 is 0.949 bits per heavy atom. The largest absolute Gasteiger partial charge is 0.481 e. The van der Waals surface area contributed by atoms with Crippen molar-refractivity contribution >= 4 is 55.5 Å². The molecule has 4 aromatic heterocycles. The molecule has 4 N–H and O–H groups in total. The van der Waals surface area contributed by atoms with Crippen LogP contribution in [0, 0.1) is 39.0 Å². The topological polar surface area (TPSA) is 208 Å². The first-order chi connectivity index (χ1) is 28.3. The number of pyridine rings is 1. The third-order valence-corrected chi connectivity index (χ3v) is 13.0. The third kappa shape index (κ3) is 7.37. The molecule has 3 aromatic carbocycles. The van der Waals surface area contributed by atoms with Gasteiger partial charge in [-0.15, -0.1) is 21.5 Å². The van der Waals surface area contributed by atoms with Gasteiger partial charge in [0.25, 0.3) is 15.9 Å². The number of carbonyl (C=O) groups is 2. The highest BCUT2D eigenvalue weighted by Gasteiger charge is 2.32. The Hall–Kier alpha value is -6.96. The minimum Gasteiger partial charge on any atom is -0.481 e. The molecular formula is C43H37N9O5S2. The second-order valence-electron chi connectivity index (χ2n) is 14.3. The number of carbonyl (C=O) groups excluding carboxylic acids is 1. The van der Waals surface area contributed by atoms with Gasteiger partial charge in [0.05, 0.1) is 33.8 Å². The van der Waals surface area contributed by atoms with Crippen LogP contribution >= 0.6 is 11.3 Å². The number of carboxylic acid groups (broad SMARTS) is 1. The third-order valence-electron chi connectivity index (χ3n) is 10.4. The Bertz CT molecular complexity index is 2980. The zero-order chi connectivity index (χ0) is 41.6. The van der Waals surface area contributed by atoms with E-state index < -0.39 is 22.0 Å². The number of fused-ring (bicyclic) bond motifs is 4. The molecule has 0 spiro atoms. The second-order valence-corrected chi connectivity index (χ2v) is 17.1. The van der Waals surface area contributed by atoms with Crippen LogP contribution in [0.25, 0.3) is 27.0 Å². The number of thiophene rings is 1. The van der Waals surface area contributed by atoms with E-state index in [1.54, 1.807) is 54.1 Å². The lowest BCUT2D eigenvalue weighted by Crippen LogP contribution is -2.26. The minimum atomic E-state index is -3.92. The summed E-state index contributed by atoms with van der Waals surface area (Å²) in [4.78, 5) is 38.5. The summed E-state index contributed by atoms with van der Waals surface area (Å²) in [5.41, 5.74) is 8.47. The number of aromatic nitrogens is 5. The Morgan fingerprint density at radius 3 is 2.37 bits per heavy atom. The van der Waals surface area contributed by atoms with E-state index in [1.165, 1.54) is 12.1 Å². The molecule has 8 rings (SSSR count). The first-order valence-electron chi connectivity index (χ1n) is 18.6. The maximum Gasteiger partial charge on any atom is 0.306 e. The number of hydrogen-bond acceptors (Lipinski definition) is 10. The van der Waals surface area contributed by atoms with Gasteiger partial charge in [-0.2, -0.15) is 5.26 Å². The van der Waals surface area contributed by atoms with Crippen molar-refractivity contribution in [1.82, 2.24) is 30.0 Å². The monoisotopic (exact) mass is 823 g/mol. The molecule has 1 aliphatic heterocycles. The van der Waals surface area contributed by atoms with Gasteiger partial charge >= 0.3 is 5.97 Å². The van der Waals surface area contributed by atoms with Gasteiger partial charge < -0.3 is 15.4 Å². The summed E-state index contributed by atoms with van der Waals surface area (Å²) in [7, 11) is -3.92. The summed E-state index contributed by atoms with van der Waals surface area (Å²) in [6.45, 7) is 8.12. The highest BCUT2D eigenvalue weighted by molar-refractivity contribution is 7.92. The van der Waals surface area contributed by atoms with Crippen LogP contribution in [0.15, 0.2) is 95.1 Å². The molecule has 5 heterocycles. The molecule has 1 aliphatic rings. The van der Waals surface area contributed by atoms with Gasteiger partial charge in [0, 0.05) is 45.9 Å². The van der Waals surface area contributed by atoms with Crippen molar-refractivity contribution in [3.05, 3.63) is 141 Å². The van der Waals surface area contributed by atoms with Gasteiger partial charge in [-0.25, -0.2) is 8.42 Å². The van der Waals surface area contributed by atoms with Crippen LogP contribution in [-0.2, 0) is 21.2 Å². The number of aromatic amines is 1. The molecule has 0 unspecified atom stereocenters. The van der Waals surface area contributed by atoms with Crippen molar-refractivity contribution < 1.29 is 23.1 Å². The molecule has 59 heavy (non-hydrogen) atoms. The lowest BCUT2D eigenvalue weighted by atomic mass is 9.97. The number of anilines is 1. The summed E-state index contributed by atoms with van der Waals surface area (Å²) < 4.78 is 31.0. The Balaban J connectivity index is 0.910. The summed E-state index contributed by atoms with van der Waals surface area (Å²) in [5.74, 6) is -0.151. The highest BCUT2D eigenvalue weighted by atomic mass is 32.2. The molecule has 0 bridgehead atoms. The predicted molar refractivity (Wildman–Crippen MR) is 225 cm³/mol. The molecule has 0 saturated carbocycles. The number of aryl methyl sites for hydroxylation is 3. The van der Waals surface area contributed by atoms with Crippen molar-refractivity contribution in [3.63, 3.8) is 0 Å². The number of rotatable bonds is 11. The van der Waals surface area contributed by atoms with Crippen LogP contribution in [0.5, 0.6) is 0 Å². The number of carboxylic acids is 1. The minimum absolute atomic E-state index is 0.0792. The predicted octanol–water partition coefficient (Wildman–Crippen LogP) is 7.12. The molecule has 0 aliphatic carbocycles. The molecule has 16 heteroatoms. The number of nitriles is 1. The van der Waals surface area contributed by atoms with Crippen molar-refractivity contribution in [3.8, 4) is 22.2 Å². The lowest BCUT2D eigenvalue weighted by Gasteiger charge is -2.12. The van der Waals surface area contributed by atoms with Crippen molar-refractivity contribution in [2.45, 2.75) is 51.5 Å². The first kappa shape index (κ1) is 38.9. The molecule has 7 aromatic rings. The summed E-state index contributed by atoms with van der Waals surface area (Å²) >= 11 is 1.61. The van der Waals surface area contributed by atoms with Crippen LogP contribution in [0.4, 0.5) is 5.69 Å². The molecule has 0 saturated heterocycles. The lowest BCUT2D eigenvalue weighted by molar-refractivity contribution is -0.137. The number of sulfonamides is 1. The average Bonchev–Trinajstić information content (AvgIpc) is 3.90. The van der Waals surface area contributed by atoms with Crippen LogP contribution in [0.2, 0.25) is 0 Å². The summed E-state index contributed by atoms with van der Waals surface area (Å²) in [6, 6.07) is 22.6. The van der Waals surface area contributed by atoms with E-state index in [9.17, 15) is 28.4 Å². The number of nitrogens with one attached hydrogen (secondary N) is 3. The van der Waals surface area contributed by atoms with E-state index in [2.05, 4.69) is 43.2 Å². The zero-order valence-electron chi connectivity index (χ0n) is 32.4. The standard InChI is InChI=1S/C43H37N9O5S2/c1-23-5-15-33(40-37(23)31(20-44)22-47-40)51-59(56,57)32-13-6-27(7-14-32)17-18-45-42(55)34-16-12-30(21-46-34)28-8-10-29(11-9-28)39-38-24(2)25(3)58-43(38)52-26(4)49-50-41(52)35(48-39)19-36(53)54/h5-16,21-22,35,47,51H,17-19H2,1-4H3,(H,45,55)(H,53,54)/t35-/m0/s1. The van der Waals surface area contributed by atoms with E-state index in [0.29, 0.717) is 52.5 Å². The first-order valence-corrected chi connectivity index (χ1v) is 20.9. The Kier molecular flexibility index (Phi) is 10.2. The maximum atomic E-state index is 13.2. The van der Waals surface area contributed by atoms with Gasteiger partial charge in [-0.3, -0.25) is 28.9 Å². The van der Waals surface area contributed by atoms with E-state index in [1.807, 2.05) is 55.7 Å². The molecular weight excluding hydrogens is 787 g/mol. The number of benzene rings is 3. The van der Waals surface area contributed by atoms with E-state index in [0.717, 1.165) is 48.8 Å². The Morgan fingerprint density at radius 2 is 1.68 bits per heavy atom. The highest BCUT2D eigenvalue weighted by Crippen LogP contribution is 2.40. The summed E-state index contributed by atoms with van der Waals surface area (Å²) in [6.07, 6.45) is 3.44. The quantitative estimate of drug-likeness (QED) is 0.105. The van der Waals surface area contributed by atoms with Gasteiger partial charge in [0.15, 0.2) is 5.82 Å². The number of H-pyrrole nitrogens is 1. The fraction of sp³-hybridized carbons (Fsp3) is 0.186. The molecule has 1 atom stereocenters. The average molecular weight is 824 g/mol. The molecule has 0 radical (unpaired) electrons. The number of hydrogen-bond donors (Lipinski definition) is 4. The van der Waals surface area contributed by atoms with Crippen molar-refractivity contribution in [1.29, 1.82) is 5.26 Å². The number of amides is 1. The number of aliphatic carboxylic acids is 1. The maximum absolute atomic E-state index is 13.2. The number of nitrogens with zero attached hydrogens (tertiary/aromatic N) is 6. The zero-order valence-corrected chi connectivity index (χ0v) is 34.0. The molecule has 14 nitrogen and oxygen atoms in total. The van der Waals surface area contributed by atoms with E-state index in [4.69, 9.17) is 4.99 Å². The van der Waals surface area contributed by atoms with Gasteiger partial charge in [-0.05, 0) is 80.6 Å². The fourth-order valence-corrected chi connectivity index (χ4v) is 9.54. The van der Waals surface area contributed by atoms with Gasteiger partial charge in [0.1, 0.15) is 28.6 Å². The van der Waals surface area contributed by atoms with E-state index >= 15 is 0 Å². The molecule has 1 amide bonds. The second kappa shape index (κ2) is 15.4. The Labute approximate surface area is 343 Å². The summed E-state index contributed by atoms with van der Waals surface area (Å²) in [5, 5.41) is 32.2. The molecule has 296 valence electrons. The van der Waals surface area contributed by atoms with E-state index in [-0.39, 0.29) is 22.9 Å². The van der Waals surface area contributed by atoms with Gasteiger partial charge in [-0.1, -0.05) is 48.5 Å². The van der Waals surface area contributed by atoms with Crippen molar-refractivity contribution in [2.24, 2.45) is 4.99 Å². The SMILES string of the molecule is Cc1sc2c(c1C)C(c1ccc(-c3ccc(C(=O)NCCc4ccc(S(=O)(=O)Nc5ccc(C)c6c(C#N)c[nH]c56)cc4)nc3)cc1)=N[C@@H](CC(=O)O)c1nnc(C)n1-2.